The number of alkyl halides is 1. The van der Waals surface area contributed by atoms with Crippen LogP contribution >= 0.6 is 11.6 Å². The number of nitrogens with one attached hydrogen (secondary N) is 1. The topological polar surface area (TPSA) is 75.7 Å². The molecule has 2 amide bonds. The average Bonchev–Trinajstić information content (AvgIpc) is 2.54. The first-order chi connectivity index (χ1) is 10.6. The Morgan fingerprint density at radius 2 is 2.18 bits per heavy atom. The van der Waals surface area contributed by atoms with Gasteiger partial charge in [-0.3, -0.25) is 19.3 Å². The standard InChI is InChI=1S/C15H17ClN2O4/c1-2-5-17-14(20)8-18-11-6-10(12(19)7-16)3-4-13(11)22-9-15(18)21/h3-4,6H,2,5,7-9H2,1H3,(H,17,20). The highest BCUT2D eigenvalue weighted by Gasteiger charge is 2.28. The Balaban J connectivity index is 2.26. The van der Waals surface area contributed by atoms with Crippen molar-refractivity contribution in [2.24, 2.45) is 0 Å². The minimum absolute atomic E-state index is 0.103. The maximum absolute atomic E-state index is 12.0. The number of fused-ring (bicyclic) bond motifs is 1. The number of nitrogens with zero attached hydrogens (tertiary/aromatic N) is 1. The Bertz CT molecular complexity index is 603. The minimum atomic E-state index is -0.324. The van der Waals surface area contributed by atoms with Gasteiger partial charge in [-0.1, -0.05) is 6.92 Å². The van der Waals surface area contributed by atoms with Gasteiger partial charge in [-0.05, 0) is 24.6 Å². The van der Waals surface area contributed by atoms with Crippen LogP contribution in [0.5, 0.6) is 5.75 Å². The SMILES string of the molecule is CCCNC(=O)CN1C(=O)COc2ccc(C(=O)CCl)cc21. The van der Waals surface area contributed by atoms with Crippen molar-refractivity contribution in [1.82, 2.24) is 5.32 Å². The lowest BCUT2D eigenvalue weighted by Crippen LogP contribution is -2.45. The summed E-state index contributed by atoms with van der Waals surface area (Å²) in [4.78, 5) is 36.9. The van der Waals surface area contributed by atoms with Crippen molar-refractivity contribution in [3.05, 3.63) is 23.8 Å². The highest BCUT2D eigenvalue weighted by Crippen LogP contribution is 2.33. The first-order valence-electron chi connectivity index (χ1n) is 7.00. The molecule has 2 rings (SSSR count). The first-order valence-corrected chi connectivity index (χ1v) is 7.53. The second-order valence-corrected chi connectivity index (χ2v) is 5.13. The molecule has 0 saturated carbocycles. The molecule has 1 aliphatic rings. The molecule has 0 unspecified atom stereocenters. The molecule has 6 nitrogen and oxygen atoms in total. The monoisotopic (exact) mass is 324 g/mol. The lowest BCUT2D eigenvalue weighted by molar-refractivity contribution is -0.125. The summed E-state index contributed by atoms with van der Waals surface area (Å²) in [5.41, 5.74) is 0.796. The Labute approximate surface area is 133 Å². The molecule has 0 spiro atoms. The fraction of sp³-hybridized carbons (Fsp3) is 0.400. The lowest BCUT2D eigenvalue weighted by atomic mass is 10.1. The van der Waals surface area contributed by atoms with Gasteiger partial charge in [0.25, 0.3) is 5.91 Å². The van der Waals surface area contributed by atoms with Crippen LogP contribution < -0.4 is 15.0 Å². The number of halogens is 1. The molecule has 118 valence electrons. The van der Waals surface area contributed by atoms with Crippen LogP contribution in [0.1, 0.15) is 23.7 Å². The molecule has 0 fully saturated rings. The van der Waals surface area contributed by atoms with Gasteiger partial charge in [-0.15, -0.1) is 11.6 Å². The van der Waals surface area contributed by atoms with E-state index >= 15 is 0 Å². The molecule has 0 radical (unpaired) electrons. The van der Waals surface area contributed by atoms with Crippen LogP contribution in [0.3, 0.4) is 0 Å². The zero-order valence-corrected chi connectivity index (χ0v) is 13.0. The third kappa shape index (κ3) is 3.57. The van der Waals surface area contributed by atoms with Crippen LogP contribution in [0.15, 0.2) is 18.2 Å². The van der Waals surface area contributed by atoms with Crippen LogP contribution in [0.2, 0.25) is 0 Å². The number of hydrogen-bond acceptors (Lipinski definition) is 4. The molecule has 0 aromatic heterocycles. The fourth-order valence-corrected chi connectivity index (χ4v) is 2.24. The van der Waals surface area contributed by atoms with Gasteiger partial charge >= 0.3 is 0 Å². The van der Waals surface area contributed by atoms with Gasteiger partial charge in [0.2, 0.25) is 5.91 Å². The maximum atomic E-state index is 12.0. The van der Waals surface area contributed by atoms with E-state index in [9.17, 15) is 14.4 Å². The summed E-state index contributed by atoms with van der Waals surface area (Å²) >= 11 is 5.55. The van der Waals surface area contributed by atoms with Gasteiger partial charge in [0, 0.05) is 12.1 Å². The molecule has 0 atom stereocenters. The van der Waals surface area contributed by atoms with E-state index in [0.29, 0.717) is 23.5 Å². The summed E-state index contributed by atoms with van der Waals surface area (Å²) in [5.74, 6) is -0.511. The molecule has 1 heterocycles. The van der Waals surface area contributed by atoms with E-state index in [1.54, 1.807) is 12.1 Å². The molecule has 1 aliphatic heterocycles. The Hall–Kier alpha value is -2.08. The second kappa shape index (κ2) is 7.26. The van der Waals surface area contributed by atoms with Crippen LogP contribution in [-0.4, -0.2) is 43.2 Å². The normalized spacial score (nSPS) is 13.4. The maximum Gasteiger partial charge on any atom is 0.265 e. The molecule has 1 aromatic rings. The Morgan fingerprint density at radius 3 is 2.86 bits per heavy atom. The van der Waals surface area contributed by atoms with Crippen molar-refractivity contribution in [2.45, 2.75) is 13.3 Å². The van der Waals surface area contributed by atoms with Gasteiger partial charge in [0.1, 0.15) is 12.3 Å². The number of ether oxygens (including phenoxy) is 1. The average molecular weight is 325 g/mol. The third-order valence-electron chi connectivity index (χ3n) is 3.22. The number of Topliss-reactive ketones (excluding diaryl/α,β-unsaturated/α-hetero) is 1. The van der Waals surface area contributed by atoms with E-state index in [0.717, 1.165) is 6.42 Å². The van der Waals surface area contributed by atoms with E-state index in [2.05, 4.69) is 5.32 Å². The van der Waals surface area contributed by atoms with Crippen molar-refractivity contribution in [3.63, 3.8) is 0 Å². The number of ketones is 1. The Kier molecular flexibility index (Phi) is 5.38. The second-order valence-electron chi connectivity index (χ2n) is 4.86. The predicted octanol–water partition coefficient (Wildman–Crippen LogP) is 1.36. The van der Waals surface area contributed by atoms with Crippen LogP contribution in [0.4, 0.5) is 5.69 Å². The summed E-state index contributed by atoms with van der Waals surface area (Å²) < 4.78 is 5.33. The summed E-state index contributed by atoms with van der Waals surface area (Å²) in [6.07, 6.45) is 0.813. The first kappa shape index (κ1) is 16.3. The van der Waals surface area contributed by atoms with Gasteiger partial charge in [-0.25, -0.2) is 0 Å². The molecular formula is C15H17ClN2O4. The van der Waals surface area contributed by atoms with E-state index < -0.39 is 0 Å². The van der Waals surface area contributed by atoms with Gasteiger partial charge in [0.15, 0.2) is 12.4 Å². The molecule has 0 saturated heterocycles. The summed E-state index contributed by atoms with van der Waals surface area (Å²) in [7, 11) is 0. The minimum Gasteiger partial charge on any atom is -0.482 e. The fourth-order valence-electron chi connectivity index (χ4n) is 2.09. The molecule has 22 heavy (non-hydrogen) atoms. The van der Waals surface area contributed by atoms with Gasteiger partial charge in [0.05, 0.1) is 11.6 Å². The third-order valence-corrected chi connectivity index (χ3v) is 3.46. The molecule has 7 heteroatoms. The number of hydrogen-bond donors (Lipinski definition) is 1. The van der Waals surface area contributed by atoms with Crippen molar-refractivity contribution < 1.29 is 19.1 Å². The zero-order valence-electron chi connectivity index (χ0n) is 12.2. The van der Waals surface area contributed by atoms with Crippen molar-refractivity contribution in [2.75, 3.05) is 30.5 Å². The van der Waals surface area contributed by atoms with Crippen molar-refractivity contribution >= 4 is 34.9 Å². The number of anilines is 1. The Morgan fingerprint density at radius 1 is 1.41 bits per heavy atom. The summed E-state index contributed by atoms with van der Waals surface area (Å²) in [6, 6.07) is 4.73. The van der Waals surface area contributed by atoms with Crippen LogP contribution in [0, 0.1) is 0 Å². The highest BCUT2D eigenvalue weighted by molar-refractivity contribution is 6.30. The molecule has 1 aromatic carbocycles. The largest absolute Gasteiger partial charge is 0.482 e. The van der Waals surface area contributed by atoms with Gasteiger partial charge in [-0.2, -0.15) is 0 Å². The molecular weight excluding hydrogens is 308 g/mol. The van der Waals surface area contributed by atoms with Crippen LogP contribution in [-0.2, 0) is 9.59 Å². The molecule has 1 N–H and O–H groups in total. The molecule has 0 aliphatic carbocycles. The van der Waals surface area contributed by atoms with E-state index in [1.165, 1.54) is 11.0 Å². The van der Waals surface area contributed by atoms with Crippen LogP contribution in [0.25, 0.3) is 0 Å². The van der Waals surface area contributed by atoms with E-state index in [-0.39, 0.29) is 36.6 Å². The van der Waals surface area contributed by atoms with Crippen molar-refractivity contribution in [3.8, 4) is 5.75 Å². The predicted molar refractivity (Wildman–Crippen MR) is 82.6 cm³/mol. The highest BCUT2D eigenvalue weighted by atomic mass is 35.5. The number of benzene rings is 1. The van der Waals surface area contributed by atoms with Crippen molar-refractivity contribution in [1.29, 1.82) is 0 Å². The quantitative estimate of drug-likeness (QED) is 0.633. The number of rotatable bonds is 6. The van der Waals surface area contributed by atoms with E-state index in [1.807, 2.05) is 6.92 Å². The number of carbonyl (C=O) groups is 3. The smallest absolute Gasteiger partial charge is 0.265 e. The van der Waals surface area contributed by atoms with E-state index in [4.69, 9.17) is 16.3 Å². The lowest BCUT2D eigenvalue weighted by Gasteiger charge is -2.29. The molecule has 0 bridgehead atoms. The summed E-state index contributed by atoms with van der Waals surface area (Å²) in [6.45, 7) is 2.26. The summed E-state index contributed by atoms with van der Waals surface area (Å²) in [5, 5.41) is 2.72. The zero-order chi connectivity index (χ0) is 16.1. The van der Waals surface area contributed by atoms with Gasteiger partial charge < -0.3 is 10.1 Å². The number of carbonyl (C=O) groups excluding carboxylic acids is 3. The number of amides is 2.